The number of hydrogen-bond acceptors (Lipinski definition) is 5. The fourth-order valence-electron chi connectivity index (χ4n) is 5.67. The SMILES string of the molecule is O=C(CC(c1ccc(F)cc1)c1cc(F)cc(F)c1)Nc1cncc(F)c1CCC1CNCCN1C(=O)c1ccc(OC(F)(F)F)cc1. The van der Waals surface area contributed by atoms with Crippen LogP contribution in [0.15, 0.2) is 79.1 Å². The second kappa shape index (κ2) is 14.8. The predicted octanol–water partition coefficient (Wildman–Crippen LogP) is 6.74. The zero-order chi connectivity index (χ0) is 34.4. The summed E-state index contributed by atoms with van der Waals surface area (Å²) in [6, 6.07) is 12.1. The molecule has 14 heteroatoms. The highest BCUT2D eigenvalue weighted by atomic mass is 19.4. The molecule has 2 heterocycles. The number of aromatic nitrogens is 1. The Bertz CT molecular complexity index is 1730. The molecule has 2 N–H and O–H groups in total. The normalized spacial score (nSPS) is 15.6. The molecule has 1 fully saturated rings. The molecule has 4 aromatic rings. The Morgan fingerprint density at radius 1 is 0.917 bits per heavy atom. The number of nitrogens with zero attached hydrogens (tertiary/aromatic N) is 2. The Morgan fingerprint density at radius 2 is 1.60 bits per heavy atom. The summed E-state index contributed by atoms with van der Waals surface area (Å²) in [4.78, 5) is 32.0. The van der Waals surface area contributed by atoms with E-state index < -0.39 is 59.2 Å². The van der Waals surface area contributed by atoms with E-state index in [1.807, 2.05) is 0 Å². The first-order chi connectivity index (χ1) is 22.9. The van der Waals surface area contributed by atoms with Gasteiger partial charge < -0.3 is 20.3 Å². The maximum atomic E-state index is 15.1. The molecule has 1 aromatic heterocycles. The van der Waals surface area contributed by atoms with Crippen molar-refractivity contribution in [2.75, 3.05) is 25.0 Å². The molecule has 3 aromatic carbocycles. The van der Waals surface area contributed by atoms with Gasteiger partial charge in [-0.2, -0.15) is 0 Å². The molecule has 1 saturated heterocycles. The van der Waals surface area contributed by atoms with Crippen LogP contribution >= 0.6 is 0 Å². The smallest absolute Gasteiger partial charge is 0.406 e. The lowest BCUT2D eigenvalue weighted by Gasteiger charge is -2.36. The molecule has 0 radical (unpaired) electrons. The van der Waals surface area contributed by atoms with Crippen LogP contribution in [0.1, 0.15) is 45.8 Å². The van der Waals surface area contributed by atoms with Gasteiger partial charge >= 0.3 is 6.36 Å². The van der Waals surface area contributed by atoms with Crippen LogP contribution in [-0.4, -0.2) is 53.7 Å². The Morgan fingerprint density at radius 3 is 2.27 bits per heavy atom. The number of ether oxygens (including phenoxy) is 1. The van der Waals surface area contributed by atoms with Crippen molar-refractivity contribution in [3.05, 3.63) is 125 Å². The van der Waals surface area contributed by atoms with Crippen LogP contribution in [0.3, 0.4) is 0 Å². The van der Waals surface area contributed by atoms with Gasteiger partial charge in [-0.15, -0.1) is 13.2 Å². The predicted molar refractivity (Wildman–Crippen MR) is 161 cm³/mol. The number of carbonyl (C=O) groups is 2. The van der Waals surface area contributed by atoms with Crippen LogP contribution < -0.4 is 15.4 Å². The molecule has 48 heavy (non-hydrogen) atoms. The van der Waals surface area contributed by atoms with Crippen molar-refractivity contribution in [2.45, 2.75) is 37.6 Å². The first-order valence-electron chi connectivity index (χ1n) is 14.9. The topological polar surface area (TPSA) is 83.6 Å². The summed E-state index contributed by atoms with van der Waals surface area (Å²) in [7, 11) is 0. The van der Waals surface area contributed by atoms with Crippen LogP contribution in [-0.2, 0) is 11.2 Å². The fraction of sp³-hybridized carbons (Fsp3) is 0.265. The third kappa shape index (κ3) is 8.88. The lowest BCUT2D eigenvalue weighted by atomic mass is 9.88. The van der Waals surface area contributed by atoms with Gasteiger partial charge in [0.2, 0.25) is 5.91 Å². The monoisotopic (exact) mass is 674 g/mol. The summed E-state index contributed by atoms with van der Waals surface area (Å²) < 4.78 is 98.5. The summed E-state index contributed by atoms with van der Waals surface area (Å²) >= 11 is 0. The van der Waals surface area contributed by atoms with Gasteiger partial charge in [-0.1, -0.05) is 12.1 Å². The largest absolute Gasteiger partial charge is 0.573 e. The zero-order valence-corrected chi connectivity index (χ0v) is 25.2. The lowest BCUT2D eigenvalue weighted by Crippen LogP contribution is -2.53. The maximum absolute atomic E-state index is 15.1. The Labute approximate surface area is 270 Å². The Balaban J connectivity index is 1.30. The molecular formula is C34H29F7N4O3. The summed E-state index contributed by atoms with van der Waals surface area (Å²) in [6.45, 7) is 1.12. The lowest BCUT2D eigenvalue weighted by molar-refractivity contribution is -0.274. The minimum absolute atomic E-state index is 0.0603. The van der Waals surface area contributed by atoms with Crippen molar-refractivity contribution < 1.29 is 45.1 Å². The van der Waals surface area contributed by atoms with Gasteiger partial charge in [0, 0.05) is 55.2 Å². The number of pyridine rings is 1. The summed E-state index contributed by atoms with van der Waals surface area (Å²) in [5.41, 5.74) is 0.883. The number of amides is 2. The molecule has 2 unspecified atom stereocenters. The minimum Gasteiger partial charge on any atom is -0.406 e. The second-order valence-corrected chi connectivity index (χ2v) is 11.2. The molecule has 2 amide bonds. The maximum Gasteiger partial charge on any atom is 0.573 e. The van der Waals surface area contributed by atoms with E-state index in [1.165, 1.54) is 30.5 Å². The summed E-state index contributed by atoms with van der Waals surface area (Å²) in [5, 5.41) is 5.82. The van der Waals surface area contributed by atoms with Crippen molar-refractivity contribution in [1.29, 1.82) is 0 Å². The van der Waals surface area contributed by atoms with E-state index in [0.29, 0.717) is 24.7 Å². The van der Waals surface area contributed by atoms with E-state index in [2.05, 4.69) is 20.4 Å². The third-order valence-electron chi connectivity index (χ3n) is 7.90. The second-order valence-electron chi connectivity index (χ2n) is 11.2. The molecule has 7 nitrogen and oxygen atoms in total. The highest BCUT2D eigenvalue weighted by Crippen LogP contribution is 2.31. The van der Waals surface area contributed by atoms with Gasteiger partial charge in [0.1, 0.15) is 29.0 Å². The van der Waals surface area contributed by atoms with Gasteiger partial charge in [-0.25, -0.2) is 17.6 Å². The van der Waals surface area contributed by atoms with Crippen molar-refractivity contribution >= 4 is 17.5 Å². The molecule has 1 aliphatic heterocycles. The van der Waals surface area contributed by atoms with Crippen LogP contribution in [0.5, 0.6) is 5.75 Å². The molecule has 0 aliphatic carbocycles. The van der Waals surface area contributed by atoms with Crippen molar-refractivity contribution in [3.63, 3.8) is 0 Å². The Hall–Kier alpha value is -4.98. The van der Waals surface area contributed by atoms with E-state index >= 15 is 4.39 Å². The summed E-state index contributed by atoms with van der Waals surface area (Å²) in [6.07, 6.45) is -2.65. The van der Waals surface area contributed by atoms with Crippen molar-refractivity contribution in [3.8, 4) is 5.75 Å². The highest BCUT2D eigenvalue weighted by molar-refractivity contribution is 5.94. The minimum atomic E-state index is -4.87. The number of carbonyl (C=O) groups excluding carboxylic acids is 2. The Kier molecular flexibility index (Phi) is 10.6. The van der Waals surface area contributed by atoms with Crippen LogP contribution in [0.4, 0.5) is 36.4 Å². The number of benzene rings is 3. The molecule has 0 spiro atoms. The number of piperazine rings is 1. The number of anilines is 1. The van der Waals surface area contributed by atoms with Gasteiger partial charge in [0.15, 0.2) is 0 Å². The fourth-order valence-corrected chi connectivity index (χ4v) is 5.67. The van der Waals surface area contributed by atoms with Crippen LogP contribution in [0.25, 0.3) is 0 Å². The van der Waals surface area contributed by atoms with E-state index in [4.69, 9.17) is 0 Å². The van der Waals surface area contributed by atoms with E-state index in [1.54, 1.807) is 4.90 Å². The number of hydrogen-bond donors (Lipinski definition) is 2. The molecule has 2 atom stereocenters. The molecular weight excluding hydrogens is 645 g/mol. The standard InChI is InChI=1S/C34H29F7N4O3/c35-23-5-1-20(2-6-23)29(22-13-24(36)15-25(37)14-22)16-32(46)44-31-19-43-18-30(38)28(31)10-7-26-17-42-11-12-45(26)33(47)21-3-8-27(9-4-21)48-34(39,40)41/h1-6,8-9,13-15,18-19,26,29,42H,7,10-12,16-17H2,(H,44,46). The van der Waals surface area contributed by atoms with E-state index in [-0.39, 0.29) is 48.2 Å². The zero-order valence-electron chi connectivity index (χ0n) is 25.2. The average Bonchev–Trinajstić information content (AvgIpc) is 3.03. The molecule has 0 bridgehead atoms. The first-order valence-corrected chi connectivity index (χ1v) is 14.9. The number of halogens is 7. The van der Waals surface area contributed by atoms with Crippen LogP contribution in [0, 0.1) is 23.3 Å². The van der Waals surface area contributed by atoms with Gasteiger partial charge in [0.05, 0.1) is 18.1 Å². The number of alkyl halides is 3. The average molecular weight is 675 g/mol. The third-order valence-corrected chi connectivity index (χ3v) is 7.90. The van der Waals surface area contributed by atoms with Gasteiger partial charge in [-0.3, -0.25) is 14.6 Å². The van der Waals surface area contributed by atoms with Crippen molar-refractivity contribution in [1.82, 2.24) is 15.2 Å². The molecule has 1 aliphatic rings. The molecule has 0 saturated carbocycles. The van der Waals surface area contributed by atoms with Gasteiger partial charge in [-0.05, 0) is 72.5 Å². The molecule has 5 rings (SSSR count). The first kappa shape index (κ1) is 34.4. The number of nitrogens with one attached hydrogen (secondary N) is 2. The highest BCUT2D eigenvalue weighted by Gasteiger charge is 2.32. The van der Waals surface area contributed by atoms with Crippen molar-refractivity contribution in [2.24, 2.45) is 0 Å². The summed E-state index contributed by atoms with van der Waals surface area (Å²) in [5.74, 6) is -5.35. The van der Waals surface area contributed by atoms with E-state index in [0.717, 1.165) is 42.6 Å². The van der Waals surface area contributed by atoms with Gasteiger partial charge in [0.25, 0.3) is 5.91 Å². The molecule has 252 valence electrons. The van der Waals surface area contributed by atoms with E-state index in [9.17, 15) is 35.9 Å². The quantitative estimate of drug-likeness (QED) is 0.182. The van der Waals surface area contributed by atoms with Crippen LogP contribution in [0.2, 0.25) is 0 Å². The number of rotatable bonds is 10.